The van der Waals surface area contributed by atoms with E-state index in [-0.39, 0.29) is 0 Å². The Bertz CT molecular complexity index is 353. The molecule has 94 valence electrons. The second-order valence-electron chi connectivity index (χ2n) is 3.86. The summed E-state index contributed by atoms with van der Waals surface area (Å²) >= 11 is 0. The summed E-state index contributed by atoms with van der Waals surface area (Å²) in [5, 5.41) is 3.28. The molecule has 1 heterocycles. The van der Waals surface area contributed by atoms with Crippen LogP contribution in [0.5, 0.6) is 5.88 Å². The number of pyridine rings is 1. The molecule has 0 fully saturated rings. The summed E-state index contributed by atoms with van der Waals surface area (Å²) in [6.07, 6.45) is 1.72. The molecule has 0 radical (unpaired) electrons. The topological polar surface area (TPSA) is 43.4 Å². The molecule has 0 aliphatic carbocycles. The summed E-state index contributed by atoms with van der Waals surface area (Å²) in [5.74, 6) is 0.669. The van der Waals surface area contributed by atoms with Crippen LogP contribution in [-0.4, -0.2) is 31.9 Å². The van der Waals surface area contributed by atoms with Gasteiger partial charge in [-0.05, 0) is 13.0 Å². The van der Waals surface area contributed by atoms with Crippen molar-refractivity contribution in [2.24, 2.45) is 0 Å². The van der Waals surface area contributed by atoms with Crippen molar-refractivity contribution in [2.45, 2.75) is 13.5 Å². The summed E-state index contributed by atoms with van der Waals surface area (Å²) in [6, 6.07) is 3.89. The van der Waals surface area contributed by atoms with Gasteiger partial charge in [0.15, 0.2) is 0 Å². The van der Waals surface area contributed by atoms with Crippen LogP contribution in [0.2, 0.25) is 0 Å². The van der Waals surface area contributed by atoms with Gasteiger partial charge in [-0.1, -0.05) is 18.2 Å². The maximum absolute atomic E-state index is 5.38. The van der Waals surface area contributed by atoms with Crippen molar-refractivity contribution >= 4 is 0 Å². The molecule has 1 rings (SSSR count). The van der Waals surface area contributed by atoms with Gasteiger partial charge in [0.2, 0.25) is 5.88 Å². The number of nitrogens with zero attached hydrogens (tertiary/aromatic N) is 1. The molecule has 4 nitrogen and oxygen atoms in total. The van der Waals surface area contributed by atoms with Crippen molar-refractivity contribution in [3.8, 4) is 5.88 Å². The van der Waals surface area contributed by atoms with Crippen molar-refractivity contribution in [3.63, 3.8) is 0 Å². The van der Waals surface area contributed by atoms with Crippen LogP contribution in [-0.2, 0) is 11.3 Å². The van der Waals surface area contributed by atoms with Gasteiger partial charge in [0.25, 0.3) is 0 Å². The van der Waals surface area contributed by atoms with E-state index < -0.39 is 0 Å². The van der Waals surface area contributed by atoms with E-state index in [1.807, 2.05) is 19.1 Å². The van der Waals surface area contributed by atoms with Gasteiger partial charge in [0.1, 0.15) is 0 Å². The summed E-state index contributed by atoms with van der Waals surface area (Å²) in [6.45, 7) is 8.55. The fourth-order valence-corrected chi connectivity index (χ4v) is 1.36. The fraction of sp³-hybridized carbons (Fsp3) is 0.462. The first-order valence-electron chi connectivity index (χ1n) is 5.64. The SMILES string of the molecule is C=C(C)COCCNCc1cccnc1OC. The van der Waals surface area contributed by atoms with E-state index >= 15 is 0 Å². The lowest BCUT2D eigenvalue weighted by molar-refractivity contribution is 0.157. The molecule has 1 aromatic rings. The van der Waals surface area contributed by atoms with Gasteiger partial charge in [-0.3, -0.25) is 0 Å². The van der Waals surface area contributed by atoms with Crippen molar-refractivity contribution in [2.75, 3.05) is 26.9 Å². The number of aromatic nitrogens is 1. The second-order valence-corrected chi connectivity index (χ2v) is 3.86. The lowest BCUT2D eigenvalue weighted by Crippen LogP contribution is -2.20. The second kappa shape index (κ2) is 7.81. The van der Waals surface area contributed by atoms with Gasteiger partial charge in [-0.15, -0.1) is 0 Å². The molecule has 0 aliphatic rings. The van der Waals surface area contributed by atoms with Crippen LogP contribution in [0.15, 0.2) is 30.5 Å². The van der Waals surface area contributed by atoms with Crippen LogP contribution in [0.25, 0.3) is 0 Å². The van der Waals surface area contributed by atoms with E-state index in [1.54, 1.807) is 13.3 Å². The van der Waals surface area contributed by atoms with E-state index in [1.165, 1.54) is 0 Å². The van der Waals surface area contributed by atoms with Crippen LogP contribution >= 0.6 is 0 Å². The van der Waals surface area contributed by atoms with E-state index in [4.69, 9.17) is 9.47 Å². The number of hydrogen-bond acceptors (Lipinski definition) is 4. The average molecular weight is 236 g/mol. The molecule has 1 N–H and O–H groups in total. The Morgan fingerprint density at radius 2 is 2.35 bits per heavy atom. The Labute approximate surface area is 103 Å². The quantitative estimate of drug-likeness (QED) is 0.552. The number of hydrogen-bond donors (Lipinski definition) is 1. The zero-order valence-electron chi connectivity index (χ0n) is 10.5. The predicted molar refractivity (Wildman–Crippen MR) is 68.1 cm³/mol. The van der Waals surface area contributed by atoms with Crippen LogP contribution in [0, 0.1) is 0 Å². The van der Waals surface area contributed by atoms with Crippen molar-refractivity contribution < 1.29 is 9.47 Å². The van der Waals surface area contributed by atoms with Gasteiger partial charge >= 0.3 is 0 Å². The van der Waals surface area contributed by atoms with Crippen molar-refractivity contribution in [1.29, 1.82) is 0 Å². The maximum Gasteiger partial charge on any atom is 0.217 e. The molecule has 0 saturated carbocycles. The molecule has 0 aliphatic heterocycles. The smallest absolute Gasteiger partial charge is 0.217 e. The molecule has 0 saturated heterocycles. The molecular weight excluding hydrogens is 216 g/mol. The van der Waals surface area contributed by atoms with Crippen LogP contribution in [0.4, 0.5) is 0 Å². The Morgan fingerprint density at radius 1 is 1.53 bits per heavy atom. The summed E-state index contributed by atoms with van der Waals surface area (Å²) < 4.78 is 10.5. The Hall–Kier alpha value is -1.39. The van der Waals surface area contributed by atoms with Crippen LogP contribution in [0.3, 0.4) is 0 Å². The number of ether oxygens (including phenoxy) is 2. The lowest BCUT2D eigenvalue weighted by Gasteiger charge is -2.08. The molecule has 0 spiro atoms. The minimum atomic E-state index is 0.623. The zero-order valence-corrected chi connectivity index (χ0v) is 10.5. The van der Waals surface area contributed by atoms with E-state index in [2.05, 4.69) is 16.9 Å². The van der Waals surface area contributed by atoms with Gasteiger partial charge in [-0.2, -0.15) is 0 Å². The predicted octanol–water partition coefficient (Wildman–Crippen LogP) is 1.77. The molecule has 0 atom stereocenters. The molecule has 0 amide bonds. The molecule has 17 heavy (non-hydrogen) atoms. The van der Waals surface area contributed by atoms with Gasteiger partial charge in [0, 0.05) is 24.8 Å². The third-order valence-electron chi connectivity index (χ3n) is 2.13. The minimum Gasteiger partial charge on any atom is -0.481 e. The van der Waals surface area contributed by atoms with Crippen LogP contribution < -0.4 is 10.1 Å². The first kappa shape index (κ1) is 13.7. The zero-order chi connectivity index (χ0) is 12.5. The molecule has 1 aromatic heterocycles. The largest absolute Gasteiger partial charge is 0.481 e. The van der Waals surface area contributed by atoms with Crippen LogP contribution in [0.1, 0.15) is 12.5 Å². The Morgan fingerprint density at radius 3 is 3.06 bits per heavy atom. The highest BCUT2D eigenvalue weighted by molar-refractivity contribution is 5.24. The third kappa shape index (κ3) is 5.47. The summed E-state index contributed by atoms with van der Waals surface area (Å²) in [5.41, 5.74) is 2.09. The monoisotopic (exact) mass is 236 g/mol. The highest BCUT2D eigenvalue weighted by Crippen LogP contribution is 2.12. The normalized spacial score (nSPS) is 10.2. The van der Waals surface area contributed by atoms with E-state index in [0.717, 1.165) is 24.2 Å². The summed E-state index contributed by atoms with van der Waals surface area (Å²) in [7, 11) is 1.63. The van der Waals surface area contributed by atoms with Crippen molar-refractivity contribution in [1.82, 2.24) is 10.3 Å². The molecule has 0 unspecified atom stereocenters. The molecule has 0 aromatic carbocycles. The van der Waals surface area contributed by atoms with Gasteiger partial charge in [0.05, 0.1) is 20.3 Å². The third-order valence-corrected chi connectivity index (χ3v) is 2.13. The highest BCUT2D eigenvalue weighted by atomic mass is 16.5. The van der Waals surface area contributed by atoms with E-state index in [9.17, 15) is 0 Å². The average Bonchev–Trinajstić information content (AvgIpc) is 2.33. The van der Waals surface area contributed by atoms with Crippen molar-refractivity contribution in [3.05, 3.63) is 36.0 Å². The molecule has 0 bridgehead atoms. The Kier molecular flexibility index (Phi) is 6.29. The standard InChI is InChI=1S/C13H20N2O2/c1-11(2)10-17-8-7-14-9-12-5-4-6-15-13(12)16-3/h4-6,14H,1,7-10H2,2-3H3. The number of nitrogens with one attached hydrogen (secondary N) is 1. The lowest BCUT2D eigenvalue weighted by atomic mass is 10.2. The number of methoxy groups -OCH3 is 1. The fourth-order valence-electron chi connectivity index (χ4n) is 1.36. The van der Waals surface area contributed by atoms with Gasteiger partial charge < -0.3 is 14.8 Å². The highest BCUT2D eigenvalue weighted by Gasteiger charge is 2.01. The summed E-state index contributed by atoms with van der Waals surface area (Å²) in [4.78, 5) is 4.13. The molecular formula is C13H20N2O2. The molecule has 4 heteroatoms. The minimum absolute atomic E-state index is 0.623. The first-order valence-corrected chi connectivity index (χ1v) is 5.64. The van der Waals surface area contributed by atoms with E-state index in [0.29, 0.717) is 19.1 Å². The Balaban J connectivity index is 2.19. The first-order chi connectivity index (χ1) is 8.24. The number of rotatable bonds is 8. The maximum atomic E-state index is 5.38. The van der Waals surface area contributed by atoms with Gasteiger partial charge in [-0.25, -0.2) is 4.98 Å².